The molecule has 2 atom stereocenters. The Bertz CT molecular complexity index is 426. The molecule has 2 unspecified atom stereocenters. The first-order chi connectivity index (χ1) is 7.94. The number of hydrogen-bond acceptors (Lipinski definition) is 2. The van der Waals surface area contributed by atoms with E-state index in [0.29, 0.717) is 18.6 Å². The Labute approximate surface area is 99.2 Å². The van der Waals surface area contributed by atoms with Crippen LogP contribution in [0, 0.1) is 18.6 Å². The second-order valence-corrected chi connectivity index (χ2v) is 4.79. The van der Waals surface area contributed by atoms with Crippen LogP contribution < -0.4 is 0 Å². The van der Waals surface area contributed by atoms with E-state index in [4.69, 9.17) is 4.74 Å². The lowest BCUT2D eigenvalue weighted by molar-refractivity contribution is -0.0809. The highest BCUT2D eigenvalue weighted by atomic mass is 19.1. The number of aliphatic hydroxyl groups is 1. The zero-order valence-corrected chi connectivity index (χ0v) is 9.96. The van der Waals surface area contributed by atoms with Crippen LogP contribution in [-0.2, 0) is 4.74 Å². The molecular formula is C13H16F2O2. The first-order valence-corrected chi connectivity index (χ1v) is 5.71. The highest BCUT2D eigenvalue weighted by Gasteiger charge is 2.39. The van der Waals surface area contributed by atoms with Crippen LogP contribution in [0.1, 0.15) is 37.0 Å². The lowest BCUT2D eigenvalue weighted by Gasteiger charge is -2.30. The smallest absolute Gasteiger partial charge is 0.132 e. The van der Waals surface area contributed by atoms with E-state index in [2.05, 4.69) is 0 Å². The number of aryl methyl sites for hydroxylation is 1. The summed E-state index contributed by atoms with van der Waals surface area (Å²) in [5, 5.41) is 10.2. The van der Waals surface area contributed by atoms with E-state index in [0.717, 1.165) is 12.5 Å². The normalized spacial score (nSPS) is 26.2. The van der Waals surface area contributed by atoms with Crippen LogP contribution in [-0.4, -0.2) is 17.3 Å². The fourth-order valence-corrected chi connectivity index (χ4v) is 2.23. The summed E-state index contributed by atoms with van der Waals surface area (Å²) in [6, 6.07) is 2.16. The fraction of sp³-hybridized carbons (Fsp3) is 0.538. The minimum Gasteiger partial charge on any atom is -0.385 e. The van der Waals surface area contributed by atoms with Crippen LogP contribution in [0.5, 0.6) is 0 Å². The molecule has 1 aromatic rings. The molecule has 4 heteroatoms. The molecule has 17 heavy (non-hydrogen) atoms. The molecule has 1 aliphatic rings. The maximum atomic E-state index is 13.6. The molecule has 0 amide bonds. The Morgan fingerprint density at radius 1 is 1.35 bits per heavy atom. The van der Waals surface area contributed by atoms with Gasteiger partial charge in [-0.2, -0.15) is 0 Å². The Morgan fingerprint density at radius 2 is 2.06 bits per heavy atom. The maximum Gasteiger partial charge on any atom is 0.132 e. The van der Waals surface area contributed by atoms with Gasteiger partial charge in [0.05, 0.1) is 5.60 Å². The van der Waals surface area contributed by atoms with Crippen LogP contribution in [0.4, 0.5) is 8.78 Å². The summed E-state index contributed by atoms with van der Waals surface area (Å²) >= 11 is 0. The molecule has 1 fully saturated rings. The molecule has 1 N–H and O–H groups in total. The summed E-state index contributed by atoms with van der Waals surface area (Å²) in [4.78, 5) is 0. The number of hydrogen-bond donors (Lipinski definition) is 1. The Kier molecular flexibility index (Phi) is 3.19. The largest absolute Gasteiger partial charge is 0.385 e. The number of rotatable bonds is 2. The molecule has 0 radical (unpaired) electrons. The van der Waals surface area contributed by atoms with Crippen LogP contribution in [0.3, 0.4) is 0 Å². The molecule has 0 bridgehead atoms. The van der Waals surface area contributed by atoms with E-state index in [1.807, 2.05) is 0 Å². The van der Waals surface area contributed by atoms with Crippen molar-refractivity contribution in [3.63, 3.8) is 0 Å². The summed E-state index contributed by atoms with van der Waals surface area (Å²) in [5.74, 6) is -1.33. The second kappa shape index (κ2) is 4.35. The minimum atomic E-state index is -1.07. The Hall–Kier alpha value is -1.00. The van der Waals surface area contributed by atoms with Crippen LogP contribution >= 0.6 is 0 Å². The Morgan fingerprint density at radius 3 is 2.65 bits per heavy atom. The SMILES string of the molecule is Cc1cc(C(O)C2(C)CCCO2)c(F)cc1F. The van der Waals surface area contributed by atoms with Gasteiger partial charge in [-0.1, -0.05) is 0 Å². The predicted octanol–water partition coefficient (Wildman–Crippen LogP) is 2.88. The molecule has 0 saturated carbocycles. The van der Waals surface area contributed by atoms with Crippen molar-refractivity contribution in [1.29, 1.82) is 0 Å². The summed E-state index contributed by atoms with van der Waals surface area (Å²) in [5.41, 5.74) is -0.346. The molecule has 1 aliphatic heterocycles. The third kappa shape index (κ3) is 2.19. The van der Waals surface area contributed by atoms with Gasteiger partial charge in [0.15, 0.2) is 0 Å². The van der Waals surface area contributed by atoms with Crippen molar-refractivity contribution in [1.82, 2.24) is 0 Å². The van der Waals surface area contributed by atoms with E-state index >= 15 is 0 Å². The maximum absolute atomic E-state index is 13.6. The third-order valence-corrected chi connectivity index (χ3v) is 3.40. The highest BCUT2D eigenvalue weighted by molar-refractivity contribution is 5.29. The van der Waals surface area contributed by atoms with Crippen molar-refractivity contribution in [2.24, 2.45) is 0 Å². The van der Waals surface area contributed by atoms with E-state index in [9.17, 15) is 13.9 Å². The van der Waals surface area contributed by atoms with Crippen LogP contribution in [0.2, 0.25) is 0 Å². The van der Waals surface area contributed by atoms with E-state index in [-0.39, 0.29) is 5.56 Å². The van der Waals surface area contributed by atoms with Crippen LogP contribution in [0.25, 0.3) is 0 Å². The number of halogens is 2. The minimum absolute atomic E-state index is 0.105. The number of ether oxygens (including phenoxy) is 1. The first-order valence-electron chi connectivity index (χ1n) is 5.71. The van der Waals surface area contributed by atoms with Gasteiger partial charge in [-0.3, -0.25) is 0 Å². The second-order valence-electron chi connectivity index (χ2n) is 4.79. The van der Waals surface area contributed by atoms with Gasteiger partial charge in [0, 0.05) is 18.2 Å². The fourth-order valence-electron chi connectivity index (χ4n) is 2.23. The molecule has 2 nitrogen and oxygen atoms in total. The monoisotopic (exact) mass is 242 g/mol. The molecule has 0 aromatic heterocycles. The summed E-state index contributed by atoms with van der Waals surface area (Å²) < 4.78 is 32.3. The lowest BCUT2D eigenvalue weighted by Crippen LogP contribution is -2.32. The first kappa shape index (κ1) is 12.5. The van der Waals surface area contributed by atoms with Gasteiger partial charge in [0.1, 0.15) is 17.7 Å². The van der Waals surface area contributed by atoms with Crippen molar-refractivity contribution in [3.05, 3.63) is 34.9 Å². The highest BCUT2D eigenvalue weighted by Crippen LogP contribution is 2.38. The van der Waals surface area contributed by atoms with Crippen LogP contribution in [0.15, 0.2) is 12.1 Å². The molecule has 2 rings (SSSR count). The van der Waals surface area contributed by atoms with Crippen molar-refractivity contribution >= 4 is 0 Å². The molecule has 94 valence electrons. The predicted molar refractivity (Wildman–Crippen MR) is 59.6 cm³/mol. The van der Waals surface area contributed by atoms with E-state index in [1.165, 1.54) is 6.07 Å². The molecule has 0 aliphatic carbocycles. The summed E-state index contributed by atoms with van der Waals surface area (Å²) in [7, 11) is 0. The van der Waals surface area contributed by atoms with Gasteiger partial charge in [-0.25, -0.2) is 8.78 Å². The molecule has 1 aromatic carbocycles. The van der Waals surface area contributed by atoms with Gasteiger partial charge in [-0.15, -0.1) is 0 Å². The van der Waals surface area contributed by atoms with Crippen molar-refractivity contribution in [2.75, 3.05) is 6.61 Å². The third-order valence-electron chi connectivity index (χ3n) is 3.40. The lowest BCUT2D eigenvalue weighted by atomic mass is 9.89. The van der Waals surface area contributed by atoms with Gasteiger partial charge in [-0.05, 0) is 38.3 Å². The molecule has 1 heterocycles. The molecule has 1 saturated heterocycles. The summed E-state index contributed by atoms with van der Waals surface area (Å²) in [6.07, 6.45) is 0.448. The zero-order valence-electron chi connectivity index (χ0n) is 9.96. The topological polar surface area (TPSA) is 29.5 Å². The van der Waals surface area contributed by atoms with Gasteiger partial charge < -0.3 is 9.84 Å². The average Bonchev–Trinajstić information content (AvgIpc) is 2.71. The van der Waals surface area contributed by atoms with Gasteiger partial charge in [0.25, 0.3) is 0 Å². The van der Waals surface area contributed by atoms with Crippen molar-refractivity contribution in [2.45, 2.75) is 38.4 Å². The van der Waals surface area contributed by atoms with Gasteiger partial charge in [0.2, 0.25) is 0 Å². The molecule has 0 spiro atoms. The van der Waals surface area contributed by atoms with Gasteiger partial charge >= 0.3 is 0 Å². The average molecular weight is 242 g/mol. The molecular weight excluding hydrogens is 226 g/mol. The number of benzene rings is 1. The zero-order chi connectivity index (χ0) is 12.6. The van der Waals surface area contributed by atoms with E-state index < -0.39 is 23.3 Å². The van der Waals surface area contributed by atoms with E-state index in [1.54, 1.807) is 13.8 Å². The standard InChI is InChI=1S/C13H16F2O2/c1-8-6-9(11(15)7-10(8)14)12(16)13(2)4-3-5-17-13/h6-7,12,16H,3-5H2,1-2H3. The Balaban J connectivity index is 2.36. The summed E-state index contributed by atoms with van der Waals surface area (Å²) in [6.45, 7) is 3.86. The quantitative estimate of drug-likeness (QED) is 0.864. The number of aliphatic hydroxyl groups excluding tert-OH is 1. The van der Waals surface area contributed by atoms with Crippen molar-refractivity contribution < 1.29 is 18.6 Å². The van der Waals surface area contributed by atoms with Crippen molar-refractivity contribution in [3.8, 4) is 0 Å².